The third-order valence-corrected chi connectivity index (χ3v) is 6.47. The molecule has 1 N–H and O–H groups in total. The SMILES string of the molecule is CCC(C)(CC)/C(O)=C/C(=O)CF.Cc1[c-]c(-c2nccc3cc(C(C)C)ccc23)cc(C)c1.[Ir]. The van der Waals surface area contributed by atoms with Gasteiger partial charge in [-0.05, 0) is 46.9 Å². The third kappa shape index (κ3) is 8.08. The average Bonchev–Trinajstić information content (AvgIpc) is 2.82. The van der Waals surface area contributed by atoms with Gasteiger partial charge in [-0.1, -0.05) is 66.7 Å². The summed E-state index contributed by atoms with van der Waals surface area (Å²) < 4.78 is 11.8. The van der Waals surface area contributed by atoms with Crippen LogP contribution in [0.2, 0.25) is 0 Å². The van der Waals surface area contributed by atoms with Crippen molar-refractivity contribution in [3.63, 3.8) is 0 Å². The maximum atomic E-state index is 11.8. The predicted molar refractivity (Wildman–Crippen MR) is 140 cm³/mol. The van der Waals surface area contributed by atoms with Gasteiger partial charge in [0, 0.05) is 37.8 Å². The molecule has 0 saturated heterocycles. The van der Waals surface area contributed by atoms with Gasteiger partial charge >= 0.3 is 0 Å². The molecule has 0 aliphatic carbocycles. The van der Waals surface area contributed by atoms with Crippen molar-refractivity contribution in [1.82, 2.24) is 4.98 Å². The fraction of sp³-hybridized carbons (Fsp3) is 0.400. The van der Waals surface area contributed by atoms with E-state index in [0.29, 0.717) is 5.92 Å². The second-order valence-corrected chi connectivity index (χ2v) is 9.45. The number of benzene rings is 2. The van der Waals surface area contributed by atoms with E-state index in [-0.39, 0.29) is 25.9 Å². The molecular weight excluding hydrogens is 618 g/mol. The number of alkyl halides is 1. The molecule has 1 heterocycles. The molecule has 0 unspecified atom stereocenters. The van der Waals surface area contributed by atoms with Crippen molar-refractivity contribution in [1.29, 1.82) is 0 Å². The number of carbonyl (C=O) groups excluding carboxylic acids is 1. The van der Waals surface area contributed by atoms with Gasteiger partial charge in [0.05, 0.1) is 0 Å². The largest absolute Gasteiger partial charge is 0.512 e. The smallest absolute Gasteiger partial charge is 0.189 e. The number of pyridine rings is 1. The number of allylic oxidation sites excluding steroid dienone is 2. The van der Waals surface area contributed by atoms with E-state index in [1.54, 1.807) is 0 Å². The van der Waals surface area contributed by atoms with Crippen LogP contribution in [0.5, 0.6) is 0 Å². The van der Waals surface area contributed by atoms with Gasteiger partial charge in [0.2, 0.25) is 0 Å². The Hall–Kier alpha value is -2.36. The minimum atomic E-state index is -1.05. The molecule has 0 bridgehead atoms. The fourth-order valence-corrected chi connectivity index (χ4v) is 3.77. The number of aromatic nitrogens is 1. The first-order valence-corrected chi connectivity index (χ1v) is 11.9. The van der Waals surface area contributed by atoms with E-state index in [4.69, 9.17) is 0 Å². The summed E-state index contributed by atoms with van der Waals surface area (Å²) >= 11 is 0. The molecule has 1 radical (unpaired) electrons. The second-order valence-electron chi connectivity index (χ2n) is 9.45. The van der Waals surface area contributed by atoms with Gasteiger partial charge in [0.15, 0.2) is 12.5 Å². The van der Waals surface area contributed by atoms with E-state index in [9.17, 15) is 14.3 Å². The molecule has 0 aliphatic rings. The molecule has 0 aliphatic heterocycles. The summed E-state index contributed by atoms with van der Waals surface area (Å²) in [5.41, 5.74) is 5.47. The summed E-state index contributed by atoms with van der Waals surface area (Å²) in [4.78, 5) is 15.3. The first-order chi connectivity index (χ1) is 16.0. The topological polar surface area (TPSA) is 50.2 Å². The van der Waals surface area contributed by atoms with E-state index in [2.05, 4.69) is 75.1 Å². The number of aryl methyl sites for hydroxylation is 2. The summed E-state index contributed by atoms with van der Waals surface area (Å²) in [6.07, 6.45) is 4.34. The quantitative estimate of drug-likeness (QED) is 0.159. The van der Waals surface area contributed by atoms with Crippen LogP contribution < -0.4 is 0 Å². The molecule has 3 nitrogen and oxygen atoms in total. The van der Waals surface area contributed by atoms with Crippen LogP contribution in [0.3, 0.4) is 0 Å². The average molecular weight is 655 g/mol. The van der Waals surface area contributed by atoms with Crippen LogP contribution >= 0.6 is 0 Å². The second kappa shape index (κ2) is 13.7. The maximum Gasteiger partial charge on any atom is 0.189 e. The Morgan fingerprint density at radius 2 is 1.80 bits per heavy atom. The summed E-state index contributed by atoms with van der Waals surface area (Å²) in [5, 5.41) is 12.0. The van der Waals surface area contributed by atoms with Crippen LogP contribution in [0.1, 0.15) is 70.1 Å². The molecule has 35 heavy (non-hydrogen) atoms. The number of hydrogen-bond acceptors (Lipinski definition) is 3. The molecule has 3 aromatic rings. The first kappa shape index (κ1) is 30.7. The number of ketones is 1. The number of aliphatic hydroxyl groups is 1. The molecule has 1 aromatic heterocycles. The van der Waals surface area contributed by atoms with Crippen LogP contribution in [-0.4, -0.2) is 22.5 Å². The maximum absolute atomic E-state index is 11.8. The number of halogens is 1. The van der Waals surface area contributed by atoms with Crippen LogP contribution in [0, 0.1) is 25.3 Å². The molecule has 0 atom stereocenters. The van der Waals surface area contributed by atoms with Crippen molar-refractivity contribution < 1.29 is 34.4 Å². The first-order valence-electron chi connectivity index (χ1n) is 11.9. The molecule has 0 saturated carbocycles. The summed E-state index contributed by atoms with van der Waals surface area (Å²) in [6, 6.07) is 16.5. The van der Waals surface area contributed by atoms with Crippen molar-refractivity contribution in [3.8, 4) is 11.3 Å². The summed E-state index contributed by atoms with van der Waals surface area (Å²) in [6.45, 7) is 13.3. The standard InChI is InChI=1S/C20H20N.C10H17FO2.Ir/c1-13(2)16-5-6-19-17(12-16)7-8-21-20(19)18-10-14(3)9-15(4)11-18;1-4-10(3,5-2)9(13)6-8(12)7-11;/h5-10,12-13H,1-4H3;6,13H,4-5,7H2,1-3H3;/q-1;;/b;9-6-;. The Kier molecular flexibility index (Phi) is 12.0. The number of rotatable bonds is 7. The van der Waals surface area contributed by atoms with E-state index in [0.717, 1.165) is 35.7 Å². The van der Waals surface area contributed by atoms with Crippen LogP contribution in [0.15, 0.2) is 54.4 Å². The number of fused-ring (bicyclic) bond motifs is 1. The third-order valence-electron chi connectivity index (χ3n) is 6.47. The Morgan fingerprint density at radius 3 is 2.34 bits per heavy atom. The monoisotopic (exact) mass is 655 g/mol. The van der Waals surface area contributed by atoms with E-state index in [1.165, 1.54) is 21.9 Å². The zero-order valence-electron chi connectivity index (χ0n) is 21.8. The van der Waals surface area contributed by atoms with E-state index >= 15 is 0 Å². The summed E-state index contributed by atoms with van der Waals surface area (Å²) in [7, 11) is 0. The normalized spacial score (nSPS) is 11.6. The van der Waals surface area contributed by atoms with Crippen molar-refractivity contribution >= 4 is 16.6 Å². The van der Waals surface area contributed by atoms with Crippen molar-refractivity contribution in [2.24, 2.45) is 5.41 Å². The van der Waals surface area contributed by atoms with Gasteiger partial charge in [-0.3, -0.25) is 4.79 Å². The molecule has 3 rings (SSSR count). The number of carbonyl (C=O) groups is 1. The van der Waals surface area contributed by atoms with Gasteiger partial charge in [-0.15, -0.1) is 34.9 Å². The minimum absolute atomic E-state index is 0. The molecule has 0 amide bonds. The van der Waals surface area contributed by atoms with Crippen LogP contribution in [0.4, 0.5) is 4.39 Å². The van der Waals surface area contributed by atoms with Gasteiger partial charge in [-0.25, -0.2) is 4.39 Å². The Balaban J connectivity index is 0.000000383. The summed E-state index contributed by atoms with van der Waals surface area (Å²) in [5.74, 6) is -0.149. The van der Waals surface area contributed by atoms with Gasteiger partial charge in [0.1, 0.15) is 5.76 Å². The van der Waals surface area contributed by atoms with Crippen LogP contribution in [0.25, 0.3) is 22.0 Å². The Labute approximate surface area is 223 Å². The molecular formula is C30H37FIrNO2-. The van der Waals surface area contributed by atoms with Gasteiger partial charge in [-0.2, -0.15) is 0 Å². The zero-order chi connectivity index (χ0) is 25.5. The van der Waals surface area contributed by atoms with E-state index < -0.39 is 17.9 Å². The minimum Gasteiger partial charge on any atom is -0.512 e. The van der Waals surface area contributed by atoms with E-state index in [1.807, 2.05) is 27.0 Å². The predicted octanol–water partition coefficient (Wildman–Crippen LogP) is 8.23. The number of nitrogens with zero attached hydrogens (tertiary/aromatic N) is 1. The van der Waals surface area contributed by atoms with Gasteiger partial charge < -0.3 is 10.1 Å². The number of aliphatic hydroxyl groups excluding tert-OH is 1. The molecule has 0 fully saturated rings. The van der Waals surface area contributed by atoms with Crippen molar-refractivity contribution in [3.05, 3.63) is 77.2 Å². The van der Waals surface area contributed by atoms with Crippen molar-refractivity contribution in [2.45, 2.75) is 67.2 Å². The molecule has 5 heteroatoms. The number of hydrogen-bond donors (Lipinski definition) is 1. The Morgan fingerprint density at radius 1 is 1.14 bits per heavy atom. The molecule has 2 aromatic carbocycles. The zero-order valence-corrected chi connectivity index (χ0v) is 24.2. The van der Waals surface area contributed by atoms with Gasteiger partial charge in [0.25, 0.3) is 0 Å². The van der Waals surface area contributed by atoms with Crippen molar-refractivity contribution in [2.75, 3.05) is 6.67 Å². The Bertz CT molecular complexity index is 1150. The molecule has 191 valence electrons. The fourth-order valence-electron chi connectivity index (χ4n) is 3.77. The van der Waals surface area contributed by atoms with Crippen LogP contribution in [-0.2, 0) is 24.9 Å². The molecule has 0 spiro atoms.